The minimum absolute atomic E-state index is 0.676. The van der Waals surface area contributed by atoms with Crippen molar-refractivity contribution < 1.29 is 0 Å². The zero-order valence-electron chi connectivity index (χ0n) is 8.30. The van der Waals surface area contributed by atoms with Crippen LogP contribution in [0.15, 0.2) is 12.3 Å². The first-order valence-electron chi connectivity index (χ1n) is 4.81. The Morgan fingerprint density at radius 3 is 2.92 bits per heavy atom. The lowest BCUT2D eigenvalue weighted by Crippen LogP contribution is -2.24. The fraction of sp³-hybridized carbons (Fsp3) is 0.500. The molecule has 3 nitrogen and oxygen atoms in total. The highest BCUT2D eigenvalue weighted by molar-refractivity contribution is 5.45. The lowest BCUT2D eigenvalue weighted by atomic mass is 10.0. The molecule has 0 aliphatic carbocycles. The van der Waals surface area contributed by atoms with Crippen LogP contribution < -0.4 is 11.1 Å². The molecule has 2 heterocycles. The van der Waals surface area contributed by atoms with E-state index in [1.54, 1.807) is 6.20 Å². The zero-order valence-corrected chi connectivity index (χ0v) is 8.30. The maximum absolute atomic E-state index is 5.69. The summed E-state index contributed by atoms with van der Waals surface area (Å²) >= 11 is 0. The third-order valence-corrected chi connectivity index (χ3v) is 2.06. The minimum Gasteiger partial charge on any atom is -0.383 e. The molecule has 3 N–H and O–H groups in total. The van der Waals surface area contributed by atoms with Crippen molar-refractivity contribution in [2.24, 2.45) is 0 Å². The maximum atomic E-state index is 5.69. The average molecular weight is 179 g/mol. The van der Waals surface area contributed by atoms with Crippen LogP contribution in [0, 0.1) is 0 Å². The molecule has 72 valence electrons. The molecule has 0 fully saturated rings. The third kappa shape index (κ3) is 2.18. The van der Waals surface area contributed by atoms with Crippen LogP contribution in [0.4, 0.5) is 5.82 Å². The molecule has 1 aliphatic heterocycles. The summed E-state index contributed by atoms with van der Waals surface area (Å²) < 4.78 is 0. The van der Waals surface area contributed by atoms with Gasteiger partial charge < -0.3 is 11.1 Å². The van der Waals surface area contributed by atoms with Gasteiger partial charge in [0.05, 0.1) is 0 Å². The van der Waals surface area contributed by atoms with Gasteiger partial charge in [0.1, 0.15) is 5.82 Å². The van der Waals surface area contributed by atoms with E-state index in [-0.39, 0.29) is 0 Å². The minimum atomic E-state index is 0.676. The average Bonchev–Trinajstić information content (AvgIpc) is 2.22. The van der Waals surface area contributed by atoms with E-state index in [9.17, 15) is 0 Å². The van der Waals surface area contributed by atoms with Crippen LogP contribution in [0.2, 0.25) is 0 Å². The lowest BCUT2D eigenvalue weighted by Gasteiger charge is -2.17. The summed E-state index contributed by atoms with van der Waals surface area (Å²) in [6, 6.07) is 2.05. The Balaban J connectivity index is 0.000000396. The lowest BCUT2D eigenvalue weighted by molar-refractivity contribution is 0.643. The maximum Gasteiger partial charge on any atom is 0.128 e. The summed E-state index contributed by atoms with van der Waals surface area (Å²) in [5.41, 5.74) is 8.21. The molecule has 2 rings (SSSR count). The molecule has 0 unspecified atom stereocenters. The summed E-state index contributed by atoms with van der Waals surface area (Å²) in [5, 5.41) is 3.26. The topological polar surface area (TPSA) is 50.9 Å². The van der Waals surface area contributed by atoms with Crippen LogP contribution in [0.3, 0.4) is 0 Å². The Labute approximate surface area is 79.4 Å². The summed E-state index contributed by atoms with van der Waals surface area (Å²) in [7, 11) is 0. The molecule has 0 amide bonds. The van der Waals surface area contributed by atoms with Gasteiger partial charge in [0.2, 0.25) is 0 Å². The van der Waals surface area contributed by atoms with Gasteiger partial charge in [0, 0.05) is 18.3 Å². The van der Waals surface area contributed by atoms with Crippen LogP contribution in [-0.4, -0.2) is 11.5 Å². The van der Waals surface area contributed by atoms with Gasteiger partial charge in [-0.25, -0.2) is 4.98 Å². The second-order valence-electron chi connectivity index (χ2n) is 2.76. The van der Waals surface area contributed by atoms with Crippen molar-refractivity contribution in [1.82, 2.24) is 10.3 Å². The third-order valence-electron chi connectivity index (χ3n) is 2.06. The number of anilines is 1. The molecule has 1 aromatic rings. The Kier molecular flexibility index (Phi) is 3.71. The molecule has 0 spiro atoms. The predicted octanol–water partition coefficient (Wildman–Crippen LogP) is 1.34. The van der Waals surface area contributed by atoms with Gasteiger partial charge >= 0.3 is 0 Å². The van der Waals surface area contributed by atoms with Gasteiger partial charge in [0.15, 0.2) is 0 Å². The van der Waals surface area contributed by atoms with Crippen molar-refractivity contribution in [3.05, 3.63) is 23.4 Å². The smallest absolute Gasteiger partial charge is 0.128 e. The number of nitrogen functional groups attached to an aromatic ring is 1. The first-order chi connectivity index (χ1) is 6.38. The number of nitrogens with two attached hydrogens (primary N) is 1. The van der Waals surface area contributed by atoms with Crippen molar-refractivity contribution >= 4 is 5.82 Å². The van der Waals surface area contributed by atoms with Crippen molar-refractivity contribution in [2.75, 3.05) is 12.3 Å². The number of pyridine rings is 1. The standard InChI is InChI=1S/C8H11N3.C2H6/c9-8-7-5-10-3-1-6(7)2-4-11-8;1-2/h2,4,10H,1,3,5H2,(H2,9,11);1-2H3. The van der Waals surface area contributed by atoms with E-state index in [2.05, 4.69) is 10.3 Å². The molecule has 0 bridgehead atoms. The fourth-order valence-electron chi connectivity index (χ4n) is 1.43. The quantitative estimate of drug-likeness (QED) is 0.632. The number of nitrogens with one attached hydrogen (secondary N) is 1. The van der Waals surface area contributed by atoms with Crippen molar-refractivity contribution in [1.29, 1.82) is 0 Å². The molecular weight excluding hydrogens is 162 g/mol. The Hall–Kier alpha value is -1.09. The van der Waals surface area contributed by atoms with Crippen LogP contribution >= 0.6 is 0 Å². The first kappa shape index (κ1) is 9.99. The molecule has 1 aromatic heterocycles. The molecule has 0 saturated carbocycles. The highest BCUT2D eigenvalue weighted by Crippen LogP contribution is 2.17. The van der Waals surface area contributed by atoms with E-state index in [0.717, 1.165) is 19.5 Å². The molecule has 13 heavy (non-hydrogen) atoms. The number of hydrogen-bond acceptors (Lipinski definition) is 3. The Bertz CT molecular complexity index is 271. The summed E-state index contributed by atoms with van der Waals surface area (Å²) in [5.74, 6) is 0.676. The monoisotopic (exact) mass is 179 g/mol. The second-order valence-corrected chi connectivity index (χ2v) is 2.76. The van der Waals surface area contributed by atoms with Gasteiger partial charge in [-0.2, -0.15) is 0 Å². The Morgan fingerprint density at radius 1 is 1.46 bits per heavy atom. The van der Waals surface area contributed by atoms with Crippen LogP contribution in [-0.2, 0) is 13.0 Å². The van der Waals surface area contributed by atoms with E-state index in [4.69, 9.17) is 5.73 Å². The van der Waals surface area contributed by atoms with Crippen molar-refractivity contribution in [2.45, 2.75) is 26.8 Å². The molecule has 0 atom stereocenters. The van der Waals surface area contributed by atoms with Gasteiger partial charge in [0.25, 0.3) is 0 Å². The number of nitrogens with zero attached hydrogens (tertiary/aromatic N) is 1. The van der Waals surface area contributed by atoms with Gasteiger partial charge in [-0.05, 0) is 24.6 Å². The van der Waals surface area contributed by atoms with E-state index < -0.39 is 0 Å². The summed E-state index contributed by atoms with van der Waals surface area (Å²) in [6.07, 6.45) is 2.85. The molecule has 1 aliphatic rings. The number of rotatable bonds is 0. The zero-order chi connectivity index (χ0) is 9.68. The van der Waals surface area contributed by atoms with Gasteiger partial charge in [-0.1, -0.05) is 13.8 Å². The molecule has 3 heteroatoms. The fourth-order valence-corrected chi connectivity index (χ4v) is 1.43. The summed E-state index contributed by atoms with van der Waals surface area (Å²) in [4.78, 5) is 4.03. The second kappa shape index (κ2) is 4.82. The Morgan fingerprint density at radius 2 is 2.23 bits per heavy atom. The number of aromatic nitrogens is 1. The van der Waals surface area contributed by atoms with Gasteiger partial charge in [-0.3, -0.25) is 0 Å². The van der Waals surface area contributed by atoms with E-state index in [1.165, 1.54) is 11.1 Å². The SMILES string of the molecule is CC.Nc1nccc2c1CNCC2. The molecule has 0 saturated heterocycles. The summed E-state index contributed by atoms with van der Waals surface area (Å²) in [6.45, 7) is 5.92. The van der Waals surface area contributed by atoms with Crippen LogP contribution in [0.25, 0.3) is 0 Å². The highest BCUT2D eigenvalue weighted by Gasteiger charge is 2.10. The van der Waals surface area contributed by atoms with E-state index in [1.807, 2.05) is 19.9 Å². The largest absolute Gasteiger partial charge is 0.383 e. The number of hydrogen-bond donors (Lipinski definition) is 2. The van der Waals surface area contributed by atoms with E-state index in [0.29, 0.717) is 5.82 Å². The molecular formula is C10H17N3. The van der Waals surface area contributed by atoms with E-state index >= 15 is 0 Å². The highest BCUT2D eigenvalue weighted by atomic mass is 14.9. The normalized spacial score (nSPS) is 14.0. The van der Waals surface area contributed by atoms with Crippen molar-refractivity contribution in [3.63, 3.8) is 0 Å². The predicted molar refractivity (Wildman–Crippen MR) is 55.4 cm³/mol. The molecule has 0 aromatic carbocycles. The number of fused-ring (bicyclic) bond motifs is 1. The van der Waals surface area contributed by atoms with Crippen molar-refractivity contribution in [3.8, 4) is 0 Å². The van der Waals surface area contributed by atoms with Crippen LogP contribution in [0.5, 0.6) is 0 Å². The van der Waals surface area contributed by atoms with Gasteiger partial charge in [-0.15, -0.1) is 0 Å². The molecule has 0 radical (unpaired) electrons. The van der Waals surface area contributed by atoms with Crippen LogP contribution in [0.1, 0.15) is 25.0 Å². The first-order valence-corrected chi connectivity index (χ1v) is 4.81.